The first-order chi connectivity index (χ1) is 13.1. The van der Waals surface area contributed by atoms with Crippen molar-refractivity contribution in [2.45, 2.75) is 25.3 Å². The Balaban J connectivity index is 1.72. The predicted molar refractivity (Wildman–Crippen MR) is 102 cm³/mol. The van der Waals surface area contributed by atoms with E-state index in [1.54, 1.807) is 19.1 Å². The Bertz CT molecular complexity index is 948. The van der Waals surface area contributed by atoms with Crippen LogP contribution in [-0.2, 0) is 19.4 Å². The second-order valence-corrected chi connectivity index (χ2v) is 9.62. The van der Waals surface area contributed by atoms with Gasteiger partial charge in [-0.1, -0.05) is 11.6 Å². The fraction of sp³-hybridized carbons (Fsp3) is 0.471. The molecule has 2 aliphatic heterocycles. The number of rotatable bonds is 4. The van der Waals surface area contributed by atoms with Gasteiger partial charge in [0.25, 0.3) is 5.91 Å². The van der Waals surface area contributed by atoms with Gasteiger partial charge in [0.15, 0.2) is 9.84 Å². The van der Waals surface area contributed by atoms with E-state index in [0.717, 1.165) is 10.5 Å². The Kier molecular flexibility index (Phi) is 5.28. The molecule has 2 heterocycles. The molecular weight excluding hydrogens is 410 g/mol. The maximum Gasteiger partial charge on any atom is 0.325 e. The van der Waals surface area contributed by atoms with E-state index in [-0.39, 0.29) is 24.3 Å². The zero-order chi connectivity index (χ0) is 20.7. The number of carbonyl (C=O) groups is 3. The minimum atomic E-state index is -3.21. The number of aryl methyl sites for hydroxylation is 1. The Morgan fingerprint density at radius 1 is 1.32 bits per heavy atom. The van der Waals surface area contributed by atoms with Crippen LogP contribution >= 0.6 is 11.6 Å². The van der Waals surface area contributed by atoms with Crippen molar-refractivity contribution in [1.82, 2.24) is 10.2 Å². The van der Waals surface area contributed by atoms with E-state index in [2.05, 4.69) is 10.6 Å². The number of hydrogen-bond acceptors (Lipinski definition) is 6. The molecule has 3 rings (SSSR count). The van der Waals surface area contributed by atoms with Gasteiger partial charge in [0.1, 0.15) is 17.8 Å². The molecule has 1 aromatic carbocycles. The Hall–Kier alpha value is -2.33. The van der Waals surface area contributed by atoms with E-state index >= 15 is 0 Å². The maximum atomic E-state index is 12.7. The van der Waals surface area contributed by atoms with Crippen LogP contribution in [0.5, 0.6) is 5.75 Å². The fourth-order valence-electron chi connectivity index (χ4n) is 3.31. The van der Waals surface area contributed by atoms with Crippen LogP contribution in [0.2, 0.25) is 5.02 Å². The van der Waals surface area contributed by atoms with Gasteiger partial charge in [0, 0.05) is 11.1 Å². The van der Waals surface area contributed by atoms with Crippen molar-refractivity contribution < 1.29 is 27.5 Å². The van der Waals surface area contributed by atoms with Crippen molar-refractivity contribution >= 4 is 45.0 Å². The molecule has 0 aliphatic carbocycles. The number of halogens is 1. The van der Waals surface area contributed by atoms with E-state index in [9.17, 15) is 22.8 Å². The smallest absolute Gasteiger partial charge is 0.325 e. The second kappa shape index (κ2) is 7.25. The van der Waals surface area contributed by atoms with Crippen molar-refractivity contribution in [3.63, 3.8) is 0 Å². The van der Waals surface area contributed by atoms with Gasteiger partial charge in [-0.15, -0.1) is 0 Å². The highest BCUT2D eigenvalue weighted by atomic mass is 35.5. The normalized spacial score (nSPS) is 20.2. The van der Waals surface area contributed by atoms with Crippen molar-refractivity contribution in [3.05, 3.63) is 22.7 Å². The molecule has 2 aliphatic rings. The van der Waals surface area contributed by atoms with Crippen LogP contribution in [0, 0.1) is 6.92 Å². The second-order valence-electron chi connectivity index (χ2n) is 6.91. The number of benzene rings is 1. The van der Waals surface area contributed by atoms with E-state index in [1.807, 2.05) is 0 Å². The summed E-state index contributed by atoms with van der Waals surface area (Å²) in [6, 6.07) is 2.47. The molecule has 0 atom stereocenters. The number of imide groups is 1. The lowest BCUT2D eigenvalue weighted by atomic mass is 9.92. The molecule has 2 fully saturated rings. The molecule has 152 valence electrons. The summed E-state index contributed by atoms with van der Waals surface area (Å²) in [6.07, 6.45) is 0.00442. The molecule has 9 nitrogen and oxygen atoms in total. The summed E-state index contributed by atoms with van der Waals surface area (Å²) in [6.45, 7) is 1.26. The molecule has 0 unspecified atom stereocenters. The summed E-state index contributed by atoms with van der Waals surface area (Å²) in [5.74, 6) is -1.19. The molecule has 0 radical (unpaired) electrons. The lowest BCUT2D eigenvalue weighted by Gasteiger charge is -2.30. The molecular formula is C17H20ClN3O6S. The van der Waals surface area contributed by atoms with Gasteiger partial charge in [0.05, 0.1) is 24.3 Å². The van der Waals surface area contributed by atoms with Gasteiger partial charge < -0.3 is 15.4 Å². The third-order valence-corrected chi connectivity index (χ3v) is 7.04. The minimum absolute atomic E-state index is 0.00221. The molecule has 28 heavy (non-hydrogen) atoms. The highest BCUT2D eigenvalue weighted by Gasteiger charge is 2.53. The molecule has 0 bridgehead atoms. The topological polar surface area (TPSA) is 122 Å². The van der Waals surface area contributed by atoms with Gasteiger partial charge in [-0.2, -0.15) is 0 Å². The first-order valence-corrected chi connectivity index (χ1v) is 10.8. The standard InChI is InChI=1S/C17H20ClN3O6S/c1-10-7-12(13(27-2)8-11(10)18)19-14(22)9-21-15(23)17(20-16(21)24)3-5-28(25,26)6-4-17/h7-8H,3-6,9H2,1-2H3,(H,19,22)(H,20,24). The number of methoxy groups -OCH3 is 1. The lowest BCUT2D eigenvalue weighted by Crippen LogP contribution is -2.52. The van der Waals surface area contributed by atoms with E-state index < -0.39 is 39.8 Å². The number of sulfone groups is 1. The van der Waals surface area contributed by atoms with Gasteiger partial charge in [0.2, 0.25) is 5.91 Å². The number of hydrogen-bond donors (Lipinski definition) is 2. The van der Waals surface area contributed by atoms with Gasteiger partial charge in [-0.3, -0.25) is 14.5 Å². The number of carbonyl (C=O) groups excluding carboxylic acids is 3. The highest BCUT2D eigenvalue weighted by Crippen LogP contribution is 2.32. The van der Waals surface area contributed by atoms with Crippen LogP contribution in [0.4, 0.5) is 10.5 Å². The van der Waals surface area contributed by atoms with Gasteiger partial charge in [-0.25, -0.2) is 13.2 Å². The third-order valence-electron chi connectivity index (χ3n) is 4.98. The van der Waals surface area contributed by atoms with Gasteiger partial charge in [-0.05, 0) is 31.4 Å². The number of ether oxygens (including phenoxy) is 1. The van der Waals surface area contributed by atoms with Crippen LogP contribution in [0.15, 0.2) is 12.1 Å². The predicted octanol–water partition coefficient (Wildman–Crippen LogP) is 1.09. The Morgan fingerprint density at radius 2 is 1.96 bits per heavy atom. The van der Waals surface area contributed by atoms with Crippen LogP contribution in [0.1, 0.15) is 18.4 Å². The zero-order valence-electron chi connectivity index (χ0n) is 15.4. The summed E-state index contributed by atoms with van der Waals surface area (Å²) in [7, 11) is -1.78. The molecule has 11 heteroatoms. The van der Waals surface area contributed by atoms with Crippen LogP contribution in [0.3, 0.4) is 0 Å². The number of amides is 4. The molecule has 2 saturated heterocycles. The lowest BCUT2D eigenvalue weighted by molar-refractivity contribution is -0.134. The van der Waals surface area contributed by atoms with Crippen molar-refractivity contribution in [2.24, 2.45) is 0 Å². The van der Waals surface area contributed by atoms with E-state index in [0.29, 0.717) is 16.5 Å². The average Bonchev–Trinajstić information content (AvgIpc) is 2.85. The first kappa shape index (κ1) is 20.4. The van der Waals surface area contributed by atoms with E-state index in [4.69, 9.17) is 16.3 Å². The van der Waals surface area contributed by atoms with Crippen molar-refractivity contribution in [2.75, 3.05) is 30.5 Å². The average molecular weight is 430 g/mol. The number of anilines is 1. The fourth-order valence-corrected chi connectivity index (χ4v) is 4.99. The maximum absolute atomic E-state index is 12.7. The Labute approximate surface area is 167 Å². The first-order valence-electron chi connectivity index (χ1n) is 8.55. The molecule has 4 amide bonds. The number of urea groups is 1. The molecule has 1 aromatic rings. The number of nitrogens with zero attached hydrogens (tertiary/aromatic N) is 1. The SMILES string of the molecule is COc1cc(Cl)c(C)cc1NC(=O)CN1C(=O)NC2(CCS(=O)(=O)CC2)C1=O. The minimum Gasteiger partial charge on any atom is -0.495 e. The summed E-state index contributed by atoms with van der Waals surface area (Å²) >= 11 is 6.04. The molecule has 0 saturated carbocycles. The van der Waals surface area contributed by atoms with Gasteiger partial charge >= 0.3 is 6.03 Å². The molecule has 1 spiro atoms. The summed E-state index contributed by atoms with van der Waals surface area (Å²) < 4.78 is 28.4. The van der Waals surface area contributed by atoms with Crippen LogP contribution in [-0.4, -0.2) is 61.9 Å². The molecule has 0 aromatic heterocycles. The zero-order valence-corrected chi connectivity index (χ0v) is 16.9. The quantitative estimate of drug-likeness (QED) is 0.691. The third kappa shape index (κ3) is 3.79. The summed E-state index contributed by atoms with van der Waals surface area (Å²) in [4.78, 5) is 38.2. The Morgan fingerprint density at radius 3 is 2.57 bits per heavy atom. The highest BCUT2D eigenvalue weighted by molar-refractivity contribution is 7.91. The van der Waals surface area contributed by atoms with Crippen LogP contribution < -0.4 is 15.4 Å². The monoisotopic (exact) mass is 429 g/mol. The van der Waals surface area contributed by atoms with Crippen molar-refractivity contribution in [1.29, 1.82) is 0 Å². The van der Waals surface area contributed by atoms with Crippen LogP contribution in [0.25, 0.3) is 0 Å². The van der Waals surface area contributed by atoms with Crippen molar-refractivity contribution in [3.8, 4) is 5.75 Å². The molecule has 2 N–H and O–H groups in total. The van der Waals surface area contributed by atoms with E-state index in [1.165, 1.54) is 7.11 Å². The largest absolute Gasteiger partial charge is 0.495 e. The summed E-state index contributed by atoms with van der Waals surface area (Å²) in [5.41, 5.74) is -0.174. The summed E-state index contributed by atoms with van der Waals surface area (Å²) in [5, 5.41) is 5.65. The number of nitrogens with one attached hydrogen (secondary N) is 2.